The number of benzene rings is 1. The van der Waals surface area contributed by atoms with Gasteiger partial charge in [-0.2, -0.15) is 4.31 Å². The van der Waals surface area contributed by atoms with Gasteiger partial charge in [-0.3, -0.25) is 4.90 Å². The molecule has 0 aliphatic carbocycles. The summed E-state index contributed by atoms with van der Waals surface area (Å²) in [6, 6.07) is 2.66. The minimum atomic E-state index is -3.95. The summed E-state index contributed by atoms with van der Waals surface area (Å²) in [5.41, 5.74) is 0. The van der Waals surface area contributed by atoms with Gasteiger partial charge in [-0.1, -0.05) is 0 Å². The summed E-state index contributed by atoms with van der Waals surface area (Å²) < 4.78 is 52.6. The van der Waals surface area contributed by atoms with Crippen molar-refractivity contribution in [2.45, 2.75) is 10.9 Å². The predicted octanol–water partition coefficient (Wildman–Crippen LogP) is 0.243. The van der Waals surface area contributed by atoms with Crippen LogP contribution >= 0.6 is 0 Å². The molecule has 21 heavy (non-hydrogen) atoms. The Morgan fingerprint density at radius 2 is 1.81 bits per heavy atom. The first-order valence-corrected chi connectivity index (χ1v) is 8.32. The number of halogens is 2. The average molecular weight is 317 g/mol. The van der Waals surface area contributed by atoms with Crippen LogP contribution in [0.15, 0.2) is 23.1 Å². The van der Waals surface area contributed by atoms with Crippen molar-refractivity contribution in [3.05, 3.63) is 29.8 Å². The molecule has 0 spiro atoms. The number of piperazine rings is 1. The molecule has 1 aromatic carbocycles. The first-order valence-electron chi connectivity index (χ1n) is 6.88. The number of sulfonamides is 1. The van der Waals surface area contributed by atoms with Crippen LogP contribution in [0.2, 0.25) is 0 Å². The molecule has 1 N–H and O–H groups in total. The molecule has 0 radical (unpaired) electrons. The zero-order valence-corrected chi connectivity index (χ0v) is 12.2. The topological polar surface area (TPSA) is 52.7 Å². The molecule has 0 aromatic heterocycles. The van der Waals surface area contributed by atoms with Crippen molar-refractivity contribution >= 4 is 10.0 Å². The molecule has 8 heteroatoms. The van der Waals surface area contributed by atoms with Crippen molar-refractivity contribution in [2.24, 2.45) is 0 Å². The van der Waals surface area contributed by atoms with Crippen molar-refractivity contribution in [3.63, 3.8) is 0 Å². The second kappa shape index (κ2) is 5.60. The van der Waals surface area contributed by atoms with Crippen LogP contribution in [-0.4, -0.2) is 62.9 Å². The Labute approximate surface area is 122 Å². The van der Waals surface area contributed by atoms with Gasteiger partial charge in [-0.15, -0.1) is 0 Å². The molecule has 0 unspecified atom stereocenters. The minimum absolute atomic E-state index is 0.165. The molecule has 3 rings (SSSR count). The predicted molar refractivity (Wildman–Crippen MR) is 73.3 cm³/mol. The number of rotatable bonds is 3. The number of nitrogens with zero attached hydrogens (tertiary/aromatic N) is 2. The highest BCUT2D eigenvalue weighted by atomic mass is 32.2. The van der Waals surface area contributed by atoms with Gasteiger partial charge in [0.1, 0.15) is 16.5 Å². The third-order valence-corrected chi connectivity index (χ3v) is 5.85. The molecule has 2 fully saturated rings. The summed E-state index contributed by atoms with van der Waals surface area (Å²) in [6.07, 6.45) is 0. The fourth-order valence-electron chi connectivity index (χ4n) is 2.71. The van der Waals surface area contributed by atoms with Crippen LogP contribution in [0.4, 0.5) is 8.78 Å². The van der Waals surface area contributed by atoms with Crippen LogP contribution in [0.1, 0.15) is 0 Å². The molecule has 0 atom stereocenters. The Morgan fingerprint density at radius 3 is 2.48 bits per heavy atom. The zero-order valence-electron chi connectivity index (χ0n) is 11.4. The fraction of sp³-hybridized carbons (Fsp3) is 0.538. The minimum Gasteiger partial charge on any atom is -0.314 e. The summed E-state index contributed by atoms with van der Waals surface area (Å²) in [4.78, 5) is 1.64. The largest absolute Gasteiger partial charge is 0.314 e. The highest BCUT2D eigenvalue weighted by molar-refractivity contribution is 7.89. The Morgan fingerprint density at radius 1 is 1.14 bits per heavy atom. The second-order valence-electron chi connectivity index (χ2n) is 5.34. The molecule has 0 saturated carbocycles. The van der Waals surface area contributed by atoms with Gasteiger partial charge in [0.2, 0.25) is 10.0 Å². The van der Waals surface area contributed by atoms with E-state index in [1.165, 1.54) is 4.31 Å². The molecule has 2 saturated heterocycles. The SMILES string of the molecule is O=S(=O)(c1cc(F)ccc1F)N1CC(N2CCNCC2)C1. The summed E-state index contributed by atoms with van der Waals surface area (Å²) in [6.45, 7) is 4.21. The van der Waals surface area contributed by atoms with Crippen LogP contribution in [0.3, 0.4) is 0 Å². The quantitative estimate of drug-likeness (QED) is 0.868. The molecule has 5 nitrogen and oxygen atoms in total. The Balaban J connectivity index is 1.71. The molecule has 2 aliphatic rings. The van der Waals surface area contributed by atoms with E-state index in [1.807, 2.05) is 0 Å². The van der Waals surface area contributed by atoms with Gasteiger partial charge in [0.15, 0.2) is 0 Å². The van der Waals surface area contributed by atoms with Gasteiger partial charge in [0.05, 0.1) is 0 Å². The number of nitrogens with one attached hydrogen (secondary N) is 1. The van der Waals surface area contributed by atoms with Gasteiger partial charge >= 0.3 is 0 Å². The second-order valence-corrected chi connectivity index (χ2v) is 7.24. The fourth-order valence-corrected chi connectivity index (χ4v) is 4.30. The van der Waals surface area contributed by atoms with Crippen molar-refractivity contribution in [1.82, 2.24) is 14.5 Å². The molecule has 0 amide bonds. The zero-order chi connectivity index (χ0) is 15.0. The highest BCUT2D eigenvalue weighted by Gasteiger charge is 2.40. The van der Waals surface area contributed by atoms with Gasteiger partial charge in [-0.05, 0) is 18.2 Å². The Hall–Kier alpha value is -1.09. The van der Waals surface area contributed by atoms with Crippen LogP contribution < -0.4 is 5.32 Å². The molecule has 1 aromatic rings. The molecule has 0 bridgehead atoms. The lowest BCUT2D eigenvalue weighted by molar-refractivity contribution is 0.0772. The lowest BCUT2D eigenvalue weighted by Gasteiger charge is -2.45. The average Bonchev–Trinajstić information content (AvgIpc) is 2.40. The Bertz CT molecular complexity index is 626. The van der Waals surface area contributed by atoms with Crippen LogP contribution in [0.5, 0.6) is 0 Å². The lowest BCUT2D eigenvalue weighted by Crippen LogP contribution is -2.63. The van der Waals surface area contributed by atoms with E-state index < -0.39 is 26.6 Å². The molecule has 2 aliphatic heterocycles. The van der Waals surface area contributed by atoms with Crippen LogP contribution in [0.25, 0.3) is 0 Å². The lowest BCUT2D eigenvalue weighted by atomic mass is 10.1. The third kappa shape index (κ3) is 2.80. The van der Waals surface area contributed by atoms with Crippen molar-refractivity contribution in [3.8, 4) is 0 Å². The van der Waals surface area contributed by atoms with Gasteiger partial charge in [0.25, 0.3) is 0 Å². The monoisotopic (exact) mass is 317 g/mol. The van der Waals surface area contributed by atoms with Gasteiger partial charge in [0, 0.05) is 45.3 Å². The van der Waals surface area contributed by atoms with E-state index in [0.717, 1.165) is 44.4 Å². The number of hydrogen-bond donors (Lipinski definition) is 1. The summed E-state index contributed by atoms with van der Waals surface area (Å²) in [7, 11) is -3.95. The van der Waals surface area contributed by atoms with Crippen LogP contribution in [-0.2, 0) is 10.0 Å². The van der Waals surface area contributed by atoms with E-state index in [9.17, 15) is 17.2 Å². The van der Waals surface area contributed by atoms with E-state index in [-0.39, 0.29) is 6.04 Å². The maximum absolute atomic E-state index is 13.6. The molecule has 116 valence electrons. The van der Waals surface area contributed by atoms with E-state index in [4.69, 9.17) is 0 Å². The Kier molecular flexibility index (Phi) is 3.96. The van der Waals surface area contributed by atoms with E-state index in [1.54, 1.807) is 0 Å². The summed E-state index contributed by atoms with van der Waals surface area (Å²) in [5, 5.41) is 3.23. The van der Waals surface area contributed by atoms with E-state index in [2.05, 4.69) is 10.2 Å². The highest BCUT2D eigenvalue weighted by Crippen LogP contribution is 2.26. The first-order chi connectivity index (χ1) is 9.98. The normalized spacial score (nSPS) is 22.2. The standard InChI is InChI=1S/C13H17F2N3O2S/c14-10-1-2-12(15)13(7-10)21(19,20)18-8-11(9-18)17-5-3-16-4-6-17/h1-2,7,11,16H,3-6,8-9H2. The van der Waals surface area contributed by atoms with Gasteiger partial charge in [-0.25, -0.2) is 17.2 Å². The van der Waals surface area contributed by atoms with Crippen LogP contribution in [0, 0.1) is 11.6 Å². The van der Waals surface area contributed by atoms with E-state index >= 15 is 0 Å². The molecular weight excluding hydrogens is 300 g/mol. The summed E-state index contributed by atoms with van der Waals surface area (Å²) in [5.74, 6) is -1.67. The smallest absolute Gasteiger partial charge is 0.246 e. The maximum Gasteiger partial charge on any atom is 0.246 e. The molecular formula is C13H17F2N3O2S. The summed E-state index contributed by atoms with van der Waals surface area (Å²) >= 11 is 0. The third-order valence-electron chi connectivity index (χ3n) is 4.01. The number of hydrogen-bond acceptors (Lipinski definition) is 4. The van der Waals surface area contributed by atoms with Crippen molar-refractivity contribution in [1.29, 1.82) is 0 Å². The van der Waals surface area contributed by atoms with Crippen molar-refractivity contribution in [2.75, 3.05) is 39.3 Å². The van der Waals surface area contributed by atoms with E-state index in [0.29, 0.717) is 13.1 Å². The maximum atomic E-state index is 13.6. The molecule has 2 heterocycles. The van der Waals surface area contributed by atoms with Gasteiger partial charge < -0.3 is 5.32 Å². The van der Waals surface area contributed by atoms with Crippen molar-refractivity contribution < 1.29 is 17.2 Å². The first kappa shape index (κ1) is 14.8.